The molecular formula is C16H32N2O. The quantitative estimate of drug-likeness (QED) is 0.659. The molecule has 1 N–H and O–H groups in total. The van der Waals surface area contributed by atoms with E-state index in [1.165, 1.54) is 45.1 Å². The fourth-order valence-corrected chi connectivity index (χ4v) is 3.41. The van der Waals surface area contributed by atoms with Gasteiger partial charge in [0, 0.05) is 31.8 Å². The Kier molecular flexibility index (Phi) is 6.11. The Morgan fingerprint density at radius 2 is 1.89 bits per heavy atom. The van der Waals surface area contributed by atoms with Crippen LogP contribution in [0.25, 0.3) is 0 Å². The van der Waals surface area contributed by atoms with E-state index in [1.54, 1.807) is 0 Å². The number of ether oxygens (including phenoxy) is 1. The molecule has 0 spiro atoms. The first-order valence-corrected chi connectivity index (χ1v) is 8.28. The summed E-state index contributed by atoms with van der Waals surface area (Å²) < 4.78 is 5.32. The monoisotopic (exact) mass is 268 g/mol. The van der Waals surface area contributed by atoms with Crippen LogP contribution >= 0.6 is 0 Å². The van der Waals surface area contributed by atoms with Gasteiger partial charge in [-0.1, -0.05) is 13.8 Å². The van der Waals surface area contributed by atoms with Gasteiger partial charge in [-0.05, 0) is 51.0 Å². The van der Waals surface area contributed by atoms with E-state index in [0.717, 1.165) is 37.2 Å². The number of hydrogen-bond acceptors (Lipinski definition) is 3. The summed E-state index contributed by atoms with van der Waals surface area (Å²) in [6.45, 7) is 7.86. The van der Waals surface area contributed by atoms with Crippen LogP contribution in [0, 0.1) is 5.92 Å². The highest BCUT2D eigenvalue weighted by Gasteiger charge is 2.38. The van der Waals surface area contributed by atoms with E-state index in [2.05, 4.69) is 24.1 Å². The van der Waals surface area contributed by atoms with E-state index in [4.69, 9.17) is 4.74 Å². The van der Waals surface area contributed by atoms with Crippen molar-refractivity contribution in [2.45, 2.75) is 70.5 Å². The molecule has 0 bridgehead atoms. The van der Waals surface area contributed by atoms with E-state index < -0.39 is 0 Å². The summed E-state index contributed by atoms with van der Waals surface area (Å²) in [4.78, 5) is 2.74. The molecule has 2 saturated carbocycles. The molecule has 0 aromatic heterocycles. The Bertz CT molecular complexity index is 251. The zero-order valence-electron chi connectivity index (χ0n) is 13.0. The minimum atomic E-state index is 0.740. The Morgan fingerprint density at radius 1 is 1.16 bits per heavy atom. The zero-order valence-corrected chi connectivity index (χ0v) is 13.0. The van der Waals surface area contributed by atoms with Gasteiger partial charge in [-0.3, -0.25) is 4.90 Å². The number of hydrogen-bond donors (Lipinski definition) is 1. The summed E-state index contributed by atoms with van der Waals surface area (Å²) >= 11 is 0. The van der Waals surface area contributed by atoms with Gasteiger partial charge < -0.3 is 10.1 Å². The lowest BCUT2D eigenvalue weighted by Crippen LogP contribution is -2.55. The van der Waals surface area contributed by atoms with Gasteiger partial charge in [0.15, 0.2) is 0 Å². The first-order chi connectivity index (χ1) is 9.30. The van der Waals surface area contributed by atoms with Gasteiger partial charge in [0.2, 0.25) is 0 Å². The van der Waals surface area contributed by atoms with Crippen molar-refractivity contribution in [3.63, 3.8) is 0 Å². The summed E-state index contributed by atoms with van der Waals surface area (Å²) in [7, 11) is 1.82. The lowest BCUT2D eigenvalue weighted by molar-refractivity contribution is 0.00647. The second-order valence-electron chi connectivity index (χ2n) is 6.29. The molecule has 0 aromatic carbocycles. The Labute approximate surface area is 119 Å². The van der Waals surface area contributed by atoms with Crippen LogP contribution in [0.15, 0.2) is 0 Å². The van der Waals surface area contributed by atoms with Gasteiger partial charge in [-0.2, -0.15) is 0 Å². The lowest BCUT2D eigenvalue weighted by atomic mass is 9.77. The summed E-state index contributed by atoms with van der Waals surface area (Å²) in [6.07, 6.45) is 8.12. The number of methoxy groups -OCH3 is 1. The van der Waals surface area contributed by atoms with Gasteiger partial charge in [0.25, 0.3) is 0 Å². The molecule has 2 atom stereocenters. The summed E-state index contributed by atoms with van der Waals surface area (Å²) in [5.74, 6) is 0.873. The van der Waals surface area contributed by atoms with Crippen molar-refractivity contribution >= 4 is 0 Å². The summed E-state index contributed by atoms with van der Waals surface area (Å²) in [6, 6.07) is 2.39. The minimum Gasteiger partial charge on any atom is -0.383 e. The van der Waals surface area contributed by atoms with Crippen molar-refractivity contribution in [3.8, 4) is 0 Å². The van der Waals surface area contributed by atoms with E-state index in [-0.39, 0.29) is 0 Å². The van der Waals surface area contributed by atoms with Crippen LogP contribution in [0.1, 0.15) is 52.4 Å². The molecular weight excluding hydrogens is 236 g/mol. The van der Waals surface area contributed by atoms with Crippen LogP contribution in [0.2, 0.25) is 0 Å². The maximum Gasteiger partial charge on any atom is 0.0589 e. The molecule has 0 amide bonds. The third kappa shape index (κ3) is 4.17. The highest BCUT2D eigenvalue weighted by atomic mass is 16.5. The molecule has 3 nitrogen and oxygen atoms in total. The SMILES string of the molecule is CCC(CC)N(CCOC)C1CCC1CNC1CC1. The van der Waals surface area contributed by atoms with E-state index in [0.29, 0.717) is 0 Å². The van der Waals surface area contributed by atoms with Crippen LogP contribution in [0.4, 0.5) is 0 Å². The fourth-order valence-electron chi connectivity index (χ4n) is 3.41. The van der Waals surface area contributed by atoms with Gasteiger partial charge in [-0.25, -0.2) is 0 Å². The molecule has 19 heavy (non-hydrogen) atoms. The number of nitrogens with one attached hydrogen (secondary N) is 1. The molecule has 0 saturated heterocycles. The highest BCUT2D eigenvalue weighted by Crippen LogP contribution is 2.34. The second-order valence-corrected chi connectivity index (χ2v) is 6.29. The normalized spacial score (nSPS) is 27.0. The van der Waals surface area contributed by atoms with Crippen molar-refractivity contribution < 1.29 is 4.74 Å². The number of rotatable bonds is 10. The van der Waals surface area contributed by atoms with Gasteiger partial charge in [0.05, 0.1) is 6.61 Å². The molecule has 0 aliphatic heterocycles. The second kappa shape index (κ2) is 7.61. The third-order valence-corrected chi connectivity index (χ3v) is 5.01. The van der Waals surface area contributed by atoms with Crippen LogP contribution in [0.3, 0.4) is 0 Å². The minimum absolute atomic E-state index is 0.740. The maximum absolute atomic E-state index is 5.32. The molecule has 2 fully saturated rings. The topological polar surface area (TPSA) is 24.5 Å². The average molecular weight is 268 g/mol. The molecule has 3 heteroatoms. The van der Waals surface area contributed by atoms with Crippen LogP contribution in [-0.2, 0) is 4.74 Å². The molecule has 2 aliphatic rings. The standard InChI is InChI=1S/C16H32N2O/c1-4-15(5-2)18(10-11-19-3)16-9-6-13(16)12-17-14-7-8-14/h13-17H,4-12H2,1-3H3. The molecule has 2 aliphatic carbocycles. The molecule has 112 valence electrons. The van der Waals surface area contributed by atoms with Crippen molar-refractivity contribution in [3.05, 3.63) is 0 Å². The van der Waals surface area contributed by atoms with Crippen molar-refractivity contribution in [2.24, 2.45) is 5.92 Å². The average Bonchev–Trinajstić information content (AvgIpc) is 3.20. The maximum atomic E-state index is 5.32. The Morgan fingerprint density at radius 3 is 2.37 bits per heavy atom. The Balaban J connectivity index is 1.84. The largest absolute Gasteiger partial charge is 0.383 e. The van der Waals surface area contributed by atoms with Crippen molar-refractivity contribution in [1.29, 1.82) is 0 Å². The van der Waals surface area contributed by atoms with Gasteiger partial charge in [-0.15, -0.1) is 0 Å². The van der Waals surface area contributed by atoms with Crippen LogP contribution in [0.5, 0.6) is 0 Å². The summed E-state index contributed by atoms with van der Waals surface area (Å²) in [5, 5.41) is 3.72. The van der Waals surface area contributed by atoms with E-state index in [1.807, 2.05) is 7.11 Å². The van der Waals surface area contributed by atoms with E-state index >= 15 is 0 Å². The molecule has 0 radical (unpaired) electrons. The molecule has 0 heterocycles. The van der Waals surface area contributed by atoms with Crippen LogP contribution in [-0.4, -0.2) is 49.8 Å². The van der Waals surface area contributed by atoms with E-state index in [9.17, 15) is 0 Å². The van der Waals surface area contributed by atoms with Crippen LogP contribution < -0.4 is 5.32 Å². The predicted octanol–water partition coefficient (Wildman–Crippen LogP) is 2.65. The highest BCUT2D eigenvalue weighted by molar-refractivity contribution is 4.94. The first-order valence-electron chi connectivity index (χ1n) is 8.28. The van der Waals surface area contributed by atoms with Crippen molar-refractivity contribution in [2.75, 3.05) is 26.8 Å². The lowest BCUT2D eigenvalue weighted by Gasteiger charge is -2.48. The molecule has 0 aromatic rings. The predicted molar refractivity (Wildman–Crippen MR) is 80.5 cm³/mol. The molecule has 2 rings (SSSR count). The molecule has 2 unspecified atom stereocenters. The zero-order chi connectivity index (χ0) is 13.7. The summed E-state index contributed by atoms with van der Waals surface area (Å²) in [5.41, 5.74) is 0. The van der Waals surface area contributed by atoms with Crippen molar-refractivity contribution in [1.82, 2.24) is 10.2 Å². The first kappa shape index (κ1) is 15.3. The smallest absolute Gasteiger partial charge is 0.0589 e. The number of nitrogens with zero attached hydrogens (tertiary/aromatic N) is 1. The Hall–Kier alpha value is -0.120. The van der Waals surface area contributed by atoms with Gasteiger partial charge in [0.1, 0.15) is 0 Å². The fraction of sp³-hybridized carbons (Fsp3) is 1.00. The third-order valence-electron chi connectivity index (χ3n) is 5.01. The van der Waals surface area contributed by atoms with Gasteiger partial charge >= 0.3 is 0 Å².